The Kier molecular flexibility index (Phi) is 3.84. The molecule has 0 unspecified atom stereocenters. The molecule has 0 aliphatic heterocycles. The maximum atomic E-state index is 12.2. The Morgan fingerprint density at radius 3 is 2.67 bits per heavy atom. The van der Waals surface area contributed by atoms with E-state index in [2.05, 4.69) is 15.5 Å². The van der Waals surface area contributed by atoms with Gasteiger partial charge in [0, 0.05) is 30.2 Å². The van der Waals surface area contributed by atoms with Crippen molar-refractivity contribution in [3.63, 3.8) is 0 Å². The van der Waals surface area contributed by atoms with E-state index in [1.165, 1.54) is 0 Å². The highest BCUT2D eigenvalue weighted by Crippen LogP contribution is 2.47. The number of nitrogens with one attached hydrogen (secondary N) is 1. The molecule has 2 fully saturated rings. The summed E-state index contributed by atoms with van der Waals surface area (Å²) in [5.74, 6) is 1.66. The largest absolute Gasteiger partial charge is 0.396 e. The Bertz CT molecular complexity index is 730. The van der Waals surface area contributed by atoms with Gasteiger partial charge in [-0.25, -0.2) is 0 Å². The number of benzene rings is 1. The third-order valence-electron chi connectivity index (χ3n) is 5.00. The molecule has 0 saturated heterocycles. The predicted octanol–water partition coefficient (Wildman–Crippen LogP) is 2.51. The maximum Gasteiger partial charge on any atom is 0.257 e. The zero-order valence-electron chi connectivity index (χ0n) is 13.5. The summed E-state index contributed by atoms with van der Waals surface area (Å²) in [6.07, 6.45) is 5.18. The van der Waals surface area contributed by atoms with Gasteiger partial charge in [-0.1, -0.05) is 5.16 Å². The zero-order chi connectivity index (χ0) is 16.6. The van der Waals surface area contributed by atoms with Gasteiger partial charge in [-0.3, -0.25) is 4.79 Å². The highest BCUT2D eigenvalue weighted by molar-refractivity contribution is 5.94. The topological polar surface area (TPSA) is 88.2 Å². The molecule has 2 aromatic rings. The van der Waals surface area contributed by atoms with Crippen molar-refractivity contribution < 1.29 is 14.4 Å². The number of hydrogen-bond acceptors (Lipinski definition) is 5. The van der Waals surface area contributed by atoms with Crippen LogP contribution in [0.3, 0.4) is 0 Å². The average Bonchev–Trinajstić information content (AvgIpc) is 3.54. The smallest absolute Gasteiger partial charge is 0.257 e. The van der Waals surface area contributed by atoms with E-state index in [1.54, 1.807) is 12.1 Å². The van der Waals surface area contributed by atoms with Crippen LogP contribution in [-0.2, 0) is 0 Å². The molecule has 126 valence electrons. The minimum Gasteiger partial charge on any atom is -0.396 e. The average molecular weight is 327 g/mol. The first-order valence-electron chi connectivity index (χ1n) is 8.52. The van der Waals surface area contributed by atoms with Gasteiger partial charge in [0.15, 0.2) is 5.82 Å². The molecule has 24 heavy (non-hydrogen) atoms. The van der Waals surface area contributed by atoms with Crippen molar-refractivity contribution >= 4 is 5.91 Å². The standard InChI is InChI=1S/C18H21N3O3/c22-10-9-18(7-8-18)11-19-16(23)13-3-5-14(6-4-13)17-20-15(21-24-17)12-1-2-12/h3-6,12,22H,1-2,7-11H2,(H,19,23). The monoisotopic (exact) mass is 327 g/mol. The molecule has 0 spiro atoms. The van der Waals surface area contributed by atoms with Crippen LogP contribution in [0.4, 0.5) is 0 Å². The number of carbonyl (C=O) groups is 1. The third kappa shape index (κ3) is 3.19. The van der Waals surface area contributed by atoms with Crippen molar-refractivity contribution in [2.45, 2.75) is 38.0 Å². The van der Waals surface area contributed by atoms with Crippen LogP contribution < -0.4 is 5.32 Å². The van der Waals surface area contributed by atoms with Gasteiger partial charge in [0.25, 0.3) is 11.8 Å². The lowest BCUT2D eigenvalue weighted by molar-refractivity contribution is 0.0941. The Morgan fingerprint density at radius 1 is 1.29 bits per heavy atom. The van der Waals surface area contributed by atoms with E-state index < -0.39 is 0 Å². The minimum atomic E-state index is -0.0880. The Morgan fingerprint density at radius 2 is 2.04 bits per heavy atom. The summed E-state index contributed by atoms with van der Waals surface area (Å²) in [5, 5.41) is 16.0. The molecule has 0 atom stereocenters. The lowest BCUT2D eigenvalue weighted by atomic mass is 10.0. The van der Waals surface area contributed by atoms with E-state index >= 15 is 0 Å². The number of aliphatic hydroxyl groups excluding tert-OH is 1. The fourth-order valence-electron chi connectivity index (χ4n) is 2.92. The summed E-state index contributed by atoms with van der Waals surface area (Å²) in [6.45, 7) is 0.806. The van der Waals surface area contributed by atoms with E-state index in [9.17, 15) is 4.79 Å². The summed E-state index contributed by atoms with van der Waals surface area (Å²) in [5.41, 5.74) is 1.55. The molecule has 6 nitrogen and oxygen atoms in total. The molecule has 0 radical (unpaired) electrons. The normalized spacial score (nSPS) is 18.4. The first kappa shape index (κ1) is 15.3. The van der Waals surface area contributed by atoms with Crippen LogP contribution in [0.1, 0.15) is 54.2 Å². The van der Waals surface area contributed by atoms with Crippen molar-refractivity contribution in [2.24, 2.45) is 5.41 Å². The Hall–Kier alpha value is -2.21. The summed E-state index contributed by atoms with van der Waals surface area (Å²) in [7, 11) is 0. The van der Waals surface area contributed by atoms with E-state index in [-0.39, 0.29) is 17.9 Å². The molecule has 2 aliphatic carbocycles. The maximum absolute atomic E-state index is 12.2. The first-order valence-corrected chi connectivity index (χ1v) is 8.52. The number of hydrogen-bond donors (Lipinski definition) is 2. The van der Waals surface area contributed by atoms with Crippen LogP contribution >= 0.6 is 0 Å². The van der Waals surface area contributed by atoms with E-state index in [0.29, 0.717) is 23.9 Å². The van der Waals surface area contributed by atoms with Crippen LogP contribution in [0.5, 0.6) is 0 Å². The molecule has 0 bridgehead atoms. The van der Waals surface area contributed by atoms with E-state index in [0.717, 1.165) is 43.5 Å². The van der Waals surface area contributed by atoms with Crippen molar-refractivity contribution in [3.05, 3.63) is 35.7 Å². The molecule has 1 heterocycles. The SMILES string of the molecule is O=C(NCC1(CCO)CC1)c1ccc(-c2nc(C3CC3)no2)cc1. The van der Waals surface area contributed by atoms with Gasteiger partial charge in [-0.05, 0) is 61.8 Å². The van der Waals surface area contributed by atoms with E-state index in [1.807, 2.05) is 12.1 Å². The number of rotatable bonds is 7. The Labute approximate surface area is 140 Å². The van der Waals surface area contributed by atoms with Crippen LogP contribution in [0.25, 0.3) is 11.5 Å². The molecular formula is C18H21N3O3. The highest BCUT2D eigenvalue weighted by atomic mass is 16.5. The number of aliphatic hydroxyl groups is 1. The number of amides is 1. The lowest BCUT2D eigenvalue weighted by Crippen LogP contribution is -2.30. The molecule has 1 aromatic carbocycles. The van der Waals surface area contributed by atoms with Gasteiger partial charge in [-0.2, -0.15) is 4.98 Å². The zero-order valence-corrected chi connectivity index (χ0v) is 13.5. The van der Waals surface area contributed by atoms with Gasteiger partial charge >= 0.3 is 0 Å². The first-order chi connectivity index (χ1) is 11.7. The van der Waals surface area contributed by atoms with Crippen molar-refractivity contribution in [1.82, 2.24) is 15.5 Å². The number of carbonyl (C=O) groups excluding carboxylic acids is 1. The van der Waals surface area contributed by atoms with Crippen molar-refractivity contribution in [1.29, 1.82) is 0 Å². The predicted molar refractivity (Wildman–Crippen MR) is 87.4 cm³/mol. The second kappa shape index (κ2) is 6.02. The quantitative estimate of drug-likeness (QED) is 0.816. The van der Waals surface area contributed by atoms with Crippen molar-refractivity contribution in [2.75, 3.05) is 13.2 Å². The second-order valence-corrected chi connectivity index (χ2v) is 6.97. The van der Waals surface area contributed by atoms with Crippen LogP contribution in [0, 0.1) is 5.41 Å². The number of nitrogens with zero attached hydrogens (tertiary/aromatic N) is 2. The molecule has 2 aliphatic rings. The fourth-order valence-corrected chi connectivity index (χ4v) is 2.92. The summed E-state index contributed by atoms with van der Waals surface area (Å²) in [4.78, 5) is 16.7. The molecule has 6 heteroatoms. The van der Waals surface area contributed by atoms with Gasteiger partial charge < -0.3 is 14.9 Å². The molecule has 1 aromatic heterocycles. The third-order valence-corrected chi connectivity index (χ3v) is 5.00. The van der Waals surface area contributed by atoms with Gasteiger partial charge in [0.1, 0.15) is 0 Å². The van der Waals surface area contributed by atoms with Crippen LogP contribution in [0.2, 0.25) is 0 Å². The number of aromatic nitrogens is 2. The van der Waals surface area contributed by atoms with Crippen LogP contribution in [0.15, 0.2) is 28.8 Å². The van der Waals surface area contributed by atoms with Crippen LogP contribution in [-0.4, -0.2) is 34.3 Å². The summed E-state index contributed by atoms with van der Waals surface area (Å²) in [6, 6.07) is 7.22. The molecule has 4 rings (SSSR count). The molecule has 2 N–H and O–H groups in total. The molecular weight excluding hydrogens is 306 g/mol. The molecule has 2 saturated carbocycles. The van der Waals surface area contributed by atoms with Crippen molar-refractivity contribution in [3.8, 4) is 11.5 Å². The highest BCUT2D eigenvalue weighted by Gasteiger charge is 2.41. The van der Waals surface area contributed by atoms with Gasteiger partial charge in [0.05, 0.1) is 0 Å². The minimum absolute atomic E-state index is 0.0880. The summed E-state index contributed by atoms with van der Waals surface area (Å²) < 4.78 is 5.29. The van der Waals surface area contributed by atoms with E-state index in [4.69, 9.17) is 9.63 Å². The fraction of sp³-hybridized carbons (Fsp3) is 0.500. The Balaban J connectivity index is 1.38. The summed E-state index contributed by atoms with van der Waals surface area (Å²) >= 11 is 0. The molecule has 1 amide bonds. The van der Waals surface area contributed by atoms with Gasteiger partial charge in [0.2, 0.25) is 0 Å². The van der Waals surface area contributed by atoms with Gasteiger partial charge in [-0.15, -0.1) is 0 Å². The lowest BCUT2D eigenvalue weighted by Gasteiger charge is -2.14. The second-order valence-electron chi connectivity index (χ2n) is 6.97.